The lowest BCUT2D eigenvalue weighted by Gasteiger charge is -2.34. The lowest BCUT2D eigenvalue weighted by atomic mass is 10.2. The van der Waals surface area contributed by atoms with Gasteiger partial charge in [-0.25, -0.2) is 9.97 Å². The summed E-state index contributed by atoms with van der Waals surface area (Å²) in [5.74, 6) is 1.43. The molecule has 0 N–H and O–H groups in total. The molecule has 0 atom stereocenters. The number of piperazine rings is 1. The molecule has 9 heteroatoms. The number of hydrogen-bond acceptors (Lipinski definition) is 7. The first-order chi connectivity index (χ1) is 12.3. The Labute approximate surface area is 144 Å². The van der Waals surface area contributed by atoms with E-state index in [-0.39, 0.29) is 5.91 Å². The molecule has 1 fully saturated rings. The molecule has 9 nitrogen and oxygen atoms in total. The Morgan fingerprint density at radius 2 is 1.72 bits per heavy atom. The molecule has 3 aromatic heterocycles. The van der Waals surface area contributed by atoms with Gasteiger partial charge in [-0.3, -0.25) is 14.3 Å². The van der Waals surface area contributed by atoms with Crippen molar-refractivity contribution in [3.8, 4) is 5.82 Å². The second-order valence-corrected chi connectivity index (χ2v) is 5.59. The Morgan fingerprint density at radius 3 is 2.36 bits per heavy atom. The molecule has 0 radical (unpaired) electrons. The van der Waals surface area contributed by atoms with Crippen molar-refractivity contribution in [3.05, 3.63) is 55.1 Å². The van der Waals surface area contributed by atoms with Crippen LogP contribution in [-0.2, 0) is 0 Å². The summed E-state index contributed by atoms with van der Waals surface area (Å²) in [5, 5.41) is 8.52. The molecule has 3 aromatic rings. The monoisotopic (exact) mass is 336 g/mol. The molecule has 0 bridgehead atoms. The minimum absolute atomic E-state index is 0.0886. The minimum Gasteiger partial charge on any atom is -0.352 e. The van der Waals surface area contributed by atoms with Gasteiger partial charge in [-0.05, 0) is 12.1 Å². The van der Waals surface area contributed by atoms with Crippen molar-refractivity contribution in [2.75, 3.05) is 31.1 Å². The number of nitrogens with zero attached hydrogens (tertiary/aromatic N) is 8. The first kappa shape index (κ1) is 15.2. The third-order valence-corrected chi connectivity index (χ3v) is 4.08. The van der Waals surface area contributed by atoms with E-state index >= 15 is 0 Å². The van der Waals surface area contributed by atoms with Crippen LogP contribution in [0.2, 0.25) is 0 Å². The molecule has 4 rings (SSSR count). The molecular weight excluding hydrogens is 320 g/mol. The number of carbonyl (C=O) groups excluding carboxylic acids is 1. The summed E-state index contributed by atoms with van der Waals surface area (Å²) in [6, 6.07) is 3.84. The average Bonchev–Trinajstić information content (AvgIpc) is 3.23. The zero-order valence-electron chi connectivity index (χ0n) is 13.4. The van der Waals surface area contributed by atoms with Crippen LogP contribution in [0.25, 0.3) is 5.82 Å². The summed E-state index contributed by atoms with van der Waals surface area (Å²) in [6.45, 7) is 2.62. The molecule has 1 aliphatic heterocycles. The average molecular weight is 336 g/mol. The molecule has 1 saturated heterocycles. The summed E-state index contributed by atoms with van der Waals surface area (Å²) in [4.78, 5) is 28.3. The summed E-state index contributed by atoms with van der Waals surface area (Å²) in [7, 11) is 0. The lowest BCUT2D eigenvalue weighted by molar-refractivity contribution is 0.0740. The van der Waals surface area contributed by atoms with E-state index in [0.29, 0.717) is 31.9 Å². The standard InChI is InChI=1S/C16H16N8O/c25-16(13-11-17-3-4-19-13)23-9-7-22(8-10-23)14-1-2-15(21-20-14)24-6-5-18-12-24/h1-6,11-12H,7-10H2. The fourth-order valence-electron chi connectivity index (χ4n) is 2.73. The molecule has 0 saturated carbocycles. The van der Waals surface area contributed by atoms with E-state index in [1.807, 2.05) is 18.3 Å². The van der Waals surface area contributed by atoms with Gasteiger partial charge in [0.25, 0.3) is 5.91 Å². The van der Waals surface area contributed by atoms with Gasteiger partial charge in [0.1, 0.15) is 12.0 Å². The highest BCUT2D eigenvalue weighted by molar-refractivity contribution is 5.92. The summed E-state index contributed by atoms with van der Waals surface area (Å²) in [6.07, 6.45) is 9.78. The van der Waals surface area contributed by atoms with Gasteiger partial charge < -0.3 is 9.80 Å². The Bertz CT molecular complexity index is 826. The molecule has 0 aliphatic carbocycles. The normalized spacial score (nSPS) is 14.6. The topological polar surface area (TPSA) is 92.9 Å². The van der Waals surface area contributed by atoms with Gasteiger partial charge in [0.2, 0.25) is 0 Å². The van der Waals surface area contributed by atoms with Crippen molar-refractivity contribution in [2.24, 2.45) is 0 Å². The van der Waals surface area contributed by atoms with Crippen LogP contribution in [0.5, 0.6) is 0 Å². The van der Waals surface area contributed by atoms with Gasteiger partial charge in [-0.15, -0.1) is 10.2 Å². The van der Waals surface area contributed by atoms with Crippen LogP contribution in [0.3, 0.4) is 0 Å². The van der Waals surface area contributed by atoms with Gasteiger partial charge in [0.15, 0.2) is 11.6 Å². The van der Waals surface area contributed by atoms with Gasteiger partial charge in [0, 0.05) is 51.0 Å². The maximum atomic E-state index is 12.4. The summed E-state index contributed by atoms with van der Waals surface area (Å²) in [5.41, 5.74) is 0.375. The molecule has 0 spiro atoms. The van der Waals surface area contributed by atoms with Crippen LogP contribution < -0.4 is 4.90 Å². The van der Waals surface area contributed by atoms with E-state index in [0.717, 1.165) is 11.6 Å². The van der Waals surface area contributed by atoms with Gasteiger partial charge in [-0.1, -0.05) is 0 Å². The number of imidazole rings is 1. The zero-order valence-corrected chi connectivity index (χ0v) is 13.4. The molecule has 25 heavy (non-hydrogen) atoms. The molecule has 4 heterocycles. The third-order valence-electron chi connectivity index (χ3n) is 4.08. The maximum Gasteiger partial charge on any atom is 0.274 e. The van der Waals surface area contributed by atoms with Gasteiger partial charge in [0.05, 0.1) is 6.20 Å². The van der Waals surface area contributed by atoms with Crippen LogP contribution in [0.4, 0.5) is 5.82 Å². The highest BCUT2D eigenvalue weighted by Gasteiger charge is 2.23. The van der Waals surface area contributed by atoms with E-state index in [4.69, 9.17) is 0 Å². The molecule has 126 valence electrons. The number of hydrogen-bond donors (Lipinski definition) is 0. The van der Waals surface area contributed by atoms with E-state index in [1.165, 1.54) is 12.4 Å². The van der Waals surface area contributed by atoms with Crippen molar-refractivity contribution < 1.29 is 4.79 Å². The Balaban J connectivity index is 1.39. The smallest absolute Gasteiger partial charge is 0.274 e. The lowest BCUT2D eigenvalue weighted by Crippen LogP contribution is -2.49. The van der Waals surface area contributed by atoms with Crippen molar-refractivity contribution in [1.29, 1.82) is 0 Å². The highest BCUT2D eigenvalue weighted by Crippen LogP contribution is 2.15. The van der Waals surface area contributed by atoms with Crippen LogP contribution >= 0.6 is 0 Å². The van der Waals surface area contributed by atoms with Gasteiger partial charge >= 0.3 is 0 Å². The fourth-order valence-corrected chi connectivity index (χ4v) is 2.73. The Morgan fingerprint density at radius 1 is 0.920 bits per heavy atom. The van der Waals surface area contributed by atoms with Crippen LogP contribution in [-0.4, -0.2) is 66.7 Å². The largest absolute Gasteiger partial charge is 0.352 e. The maximum absolute atomic E-state index is 12.4. The molecular formula is C16H16N8O. The summed E-state index contributed by atoms with van der Waals surface area (Å²) < 4.78 is 1.80. The van der Waals surface area contributed by atoms with E-state index < -0.39 is 0 Å². The fraction of sp³-hybridized carbons (Fsp3) is 0.250. The van der Waals surface area contributed by atoms with Crippen molar-refractivity contribution in [2.45, 2.75) is 0 Å². The molecule has 0 unspecified atom stereocenters. The minimum atomic E-state index is -0.0886. The SMILES string of the molecule is O=C(c1cnccn1)N1CCN(c2ccc(-n3ccnc3)nn2)CC1. The second kappa shape index (κ2) is 6.63. The van der Waals surface area contributed by atoms with E-state index in [2.05, 4.69) is 30.0 Å². The number of carbonyl (C=O) groups is 1. The second-order valence-electron chi connectivity index (χ2n) is 5.59. The first-order valence-electron chi connectivity index (χ1n) is 7.93. The Kier molecular flexibility index (Phi) is 4.03. The van der Waals surface area contributed by atoms with Crippen molar-refractivity contribution in [1.82, 2.24) is 34.6 Å². The van der Waals surface area contributed by atoms with Crippen molar-refractivity contribution in [3.63, 3.8) is 0 Å². The third kappa shape index (κ3) is 3.16. The van der Waals surface area contributed by atoms with Gasteiger partial charge in [-0.2, -0.15) is 0 Å². The first-order valence-corrected chi connectivity index (χ1v) is 7.93. The van der Waals surface area contributed by atoms with Crippen molar-refractivity contribution >= 4 is 11.7 Å². The number of anilines is 1. The summed E-state index contributed by atoms with van der Waals surface area (Å²) >= 11 is 0. The molecule has 0 aromatic carbocycles. The molecule has 1 aliphatic rings. The quantitative estimate of drug-likeness (QED) is 0.684. The number of rotatable bonds is 3. The zero-order chi connectivity index (χ0) is 17.1. The van der Waals surface area contributed by atoms with Crippen LogP contribution in [0.1, 0.15) is 10.5 Å². The predicted octanol–water partition coefficient (Wildman–Crippen LogP) is 0.415. The Hall–Kier alpha value is -3.36. The highest BCUT2D eigenvalue weighted by atomic mass is 16.2. The van der Waals surface area contributed by atoms with Crippen LogP contribution in [0, 0.1) is 0 Å². The number of aromatic nitrogens is 6. The van der Waals surface area contributed by atoms with Crippen LogP contribution in [0.15, 0.2) is 49.4 Å². The molecule has 1 amide bonds. The van der Waals surface area contributed by atoms with E-state index in [1.54, 1.807) is 28.2 Å². The van der Waals surface area contributed by atoms with E-state index in [9.17, 15) is 4.79 Å². The predicted molar refractivity (Wildman–Crippen MR) is 89.3 cm³/mol. The number of amides is 1.